The Morgan fingerprint density at radius 1 is 1.50 bits per heavy atom. The lowest BCUT2D eigenvalue weighted by Gasteiger charge is -2.18. The number of thiazole rings is 1. The summed E-state index contributed by atoms with van der Waals surface area (Å²) in [7, 11) is 0. The normalized spacial score (nSPS) is 16.8. The Morgan fingerprint density at radius 2 is 2.20 bits per heavy atom. The lowest BCUT2D eigenvalue weighted by atomic mass is 9.86. The van der Waals surface area contributed by atoms with Gasteiger partial charge in [0.2, 0.25) is 5.88 Å². The minimum Gasteiger partial charge on any atom is -0.493 e. The molecule has 0 saturated carbocycles. The van der Waals surface area contributed by atoms with Crippen LogP contribution in [0.3, 0.4) is 0 Å². The number of hydrogen-bond donors (Lipinski definition) is 1. The van der Waals surface area contributed by atoms with E-state index in [-0.39, 0.29) is 11.3 Å². The summed E-state index contributed by atoms with van der Waals surface area (Å²) >= 11 is 6.62. The molecule has 0 aliphatic carbocycles. The Balaban J connectivity index is 2.44. The van der Waals surface area contributed by atoms with Crippen molar-refractivity contribution in [2.45, 2.75) is 27.3 Å². The van der Waals surface area contributed by atoms with E-state index in [1.54, 1.807) is 16.9 Å². The van der Waals surface area contributed by atoms with Gasteiger partial charge in [0.05, 0.1) is 16.8 Å². The van der Waals surface area contributed by atoms with Crippen molar-refractivity contribution < 1.29 is 5.11 Å². The average Bonchev–Trinajstić information content (AvgIpc) is 2.90. The highest BCUT2D eigenvalue weighted by molar-refractivity contribution is 7.73. The molecule has 2 heterocycles. The van der Waals surface area contributed by atoms with Gasteiger partial charge in [-0.1, -0.05) is 26.8 Å². The van der Waals surface area contributed by atoms with Crippen LogP contribution in [0.15, 0.2) is 28.4 Å². The van der Waals surface area contributed by atoms with Crippen molar-refractivity contribution in [3.63, 3.8) is 0 Å². The van der Waals surface area contributed by atoms with Crippen LogP contribution >= 0.6 is 23.6 Å². The van der Waals surface area contributed by atoms with Crippen LogP contribution in [0.5, 0.6) is 5.88 Å². The molecule has 20 heavy (non-hydrogen) atoms. The molecule has 1 aromatic heterocycles. The van der Waals surface area contributed by atoms with Gasteiger partial charge in [-0.25, -0.2) is 0 Å². The Labute approximate surface area is 127 Å². The van der Waals surface area contributed by atoms with Crippen LogP contribution in [0, 0.1) is 9.37 Å². The van der Waals surface area contributed by atoms with Gasteiger partial charge in [-0.3, -0.25) is 4.57 Å². The SMILES string of the molecule is C=CCn1c(O)c(C=C2C=NN=C2C(C)(C)C)sc1=S. The number of hydrogen-bond acceptors (Lipinski definition) is 5. The topological polar surface area (TPSA) is 49.9 Å². The van der Waals surface area contributed by atoms with Crippen LogP contribution in [-0.4, -0.2) is 21.6 Å². The number of allylic oxidation sites excluding steroid dienone is 2. The van der Waals surface area contributed by atoms with Gasteiger partial charge < -0.3 is 5.11 Å². The number of aromatic hydroxyl groups is 1. The summed E-state index contributed by atoms with van der Waals surface area (Å²) in [5.41, 5.74) is 1.73. The lowest BCUT2D eigenvalue weighted by Crippen LogP contribution is -2.20. The number of nitrogens with zero attached hydrogens (tertiary/aromatic N) is 3. The van der Waals surface area contributed by atoms with Crippen LogP contribution < -0.4 is 0 Å². The Hall–Kier alpha value is -1.53. The first kappa shape index (κ1) is 14.9. The molecular formula is C14H17N3OS2. The second-order valence-electron chi connectivity index (χ2n) is 5.50. The van der Waals surface area contributed by atoms with E-state index in [0.29, 0.717) is 10.5 Å². The predicted octanol–water partition coefficient (Wildman–Crippen LogP) is 4.04. The molecule has 0 bridgehead atoms. The van der Waals surface area contributed by atoms with Gasteiger partial charge in [-0.05, 0) is 18.3 Å². The minimum atomic E-state index is -0.0942. The van der Waals surface area contributed by atoms with Crippen molar-refractivity contribution >= 4 is 41.6 Å². The fraction of sp³-hybridized carbons (Fsp3) is 0.357. The van der Waals surface area contributed by atoms with Crippen LogP contribution in [0.1, 0.15) is 25.6 Å². The zero-order chi connectivity index (χ0) is 14.9. The predicted molar refractivity (Wildman–Crippen MR) is 88.4 cm³/mol. The Bertz CT molecular complexity index is 684. The molecule has 0 aromatic carbocycles. The van der Waals surface area contributed by atoms with E-state index in [9.17, 15) is 5.11 Å². The van der Waals surface area contributed by atoms with Gasteiger partial charge in [-0.15, -0.1) is 17.9 Å². The maximum atomic E-state index is 10.2. The van der Waals surface area contributed by atoms with E-state index in [0.717, 1.165) is 16.2 Å². The van der Waals surface area contributed by atoms with Crippen molar-refractivity contribution in [2.75, 3.05) is 0 Å². The van der Waals surface area contributed by atoms with Gasteiger partial charge in [0, 0.05) is 17.5 Å². The first-order valence-corrected chi connectivity index (χ1v) is 7.44. The van der Waals surface area contributed by atoms with E-state index in [1.165, 1.54) is 11.3 Å². The summed E-state index contributed by atoms with van der Waals surface area (Å²) in [5.74, 6) is 0.168. The minimum absolute atomic E-state index is 0.0942. The first-order valence-electron chi connectivity index (χ1n) is 6.21. The molecule has 1 N–H and O–H groups in total. The van der Waals surface area contributed by atoms with Crippen molar-refractivity contribution in [1.82, 2.24) is 4.57 Å². The summed E-state index contributed by atoms with van der Waals surface area (Å²) < 4.78 is 2.28. The van der Waals surface area contributed by atoms with Crippen LogP contribution in [0.4, 0.5) is 0 Å². The van der Waals surface area contributed by atoms with Gasteiger partial charge in [-0.2, -0.15) is 10.2 Å². The second-order valence-corrected chi connectivity index (χ2v) is 7.17. The molecule has 0 radical (unpaired) electrons. The van der Waals surface area contributed by atoms with E-state index >= 15 is 0 Å². The number of rotatable bonds is 3. The quantitative estimate of drug-likeness (QED) is 0.677. The third-order valence-electron chi connectivity index (χ3n) is 2.83. The molecule has 1 aliphatic rings. The lowest BCUT2D eigenvalue weighted by molar-refractivity contribution is 0.424. The molecule has 0 fully saturated rings. The molecule has 0 amide bonds. The van der Waals surface area contributed by atoms with E-state index in [1.807, 2.05) is 6.08 Å². The molecule has 1 aliphatic heterocycles. The molecular weight excluding hydrogens is 290 g/mol. The molecule has 0 spiro atoms. The molecule has 106 valence electrons. The number of aromatic nitrogens is 1. The zero-order valence-electron chi connectivity index (χ0n) is 11.8. The molecule has 0 unspecified atom stereocenters. The summed E-state index contributed by atoms with van der Waals surface area (Å²) in [6, 6.07) is 0. The van der Waals surface area contributed by atoms with Crippen LogP contribution in [-0.2, 0) is 6.54 Å². The fourth-order valence-corrected chi connectivity index (χ4v) is 3.17. The largest absolute Gasteiger partial charge is 0.493 e. The molecule has 4 nitrogen and oxygen atoms in total. The van der Waals surface area contributed by atoms with E-state index < -0.39 is 0 Å². The third-order valence-corrected chi connectivity index (χ3v) is 4.22. The smallest absolute Gasteiger partial charge is 0.210 e. The molecule has 6 heteroatoms. The van der Waals surface area contributed by atoms with Crippen LogP contribution in [0.2, 0.25) is 0 Å². The molecule has 2 rings (SSSR count). The zero-order valence-corrected chi connectivity index (χ0v) is 13.4. The van der Waals surface area contributed by atoms with Gasteiger partial charge >= 0.3 is 0 Å². The van der Waals surface area contributed by atoms with Gasteiger partial charge in [0.1, 0.15) is 0 Å². The Morgan fingerprint density at radius 3 is 2.80 bits per heavy atom. The highest BCUT2D eigenvalue weighted by atomic mass is 32.1. The first-order chi connectivity index (χ1) is 9.34. The third kappa shape index (κ3) is 2.81. The van der Waals surface area contributed by atoms with E-state index in [4.69, 9.17) is 12.2 Å². The monoisotopic (exact) mass is 307 g/mol. The van der Waals surface area contributed by atoms with Crippen molar-refractivity contribution in [1.29, 1.82) is 0 Å². The standard InChI is InChI=1S/C14H17N3OS2/c1-5-6-17-12(18)10(20-13(17)19)7-9-8-15-16-11(9)14(2,3)4/h5,7-8,18H,1,6H2,2-4H3. The van der Waals surface area contributed by atoms with E-state index in [2.05, 4.69) is 37.6 Å². The molecule has 1 aromatic rings. The van der Waals surface area contributed by atoms with Crippen molar-refractivity contribution in [3.8, 4) is 5.88 Å². The second kappa shape index (κ2) is 5.46. The maximum Gasteiger partial charge on any atom is 0.210 e. The van der Waals surface area contributed by atoms with Crippen molar-refractivity contribution in [3.05, 3.63) is 27.1 Å². The molecule has 0 atom stereocenters. The maximum absolute atomic E-state index is 10.2. The summed E-state index contributed by atoms with van der Waals surface area (Å²) in [5, 5.41) is 18.4. The van der Waals surface area contributed by atoms with Crippen LogP contribution in [0.25, 0.3) is 6.08 Å². The average molecular weight is 307 g/mol. The van der Waals surface area contributed by atoms with Gasteiger partial charge in [0.15, 0.2) is 3.95 Å². The Kier molecular flexibility index (Phi) is 4.06. The van der Waals surface area contributed by atoms with Crippen molar-refractivity contribution in [2.24, 2.45) is 15.6 Å². The molecule has 0 saturated heterocycles. The fourth-order valence-electron chi connectivity index (χ4n) is 1.90. The highest BCUT2D eigenvalue weighted by Crippen LogP contribution is 2.31. The highest BCUT2D eigenvalue weighted by Gasteiger charge is 2.25. The summed E-state index contributed by atoms with van der Waals surface area (Å²) in [6.45, 7) is 10.4. The van der Waals surface area contributed by atoms with Gasteiger partial charge in [0.25, 0.3) is 0 Å². The summed E-state index contributed by atoms with van der Waals surface area (Å²) in [6.07, 6.45) is 5.30. The summed E-state index contributed by atoms with van der Waals surface area (Å²) in [4.78, 5) is 0.720.